The van der Waals surface area contributed by atoms with Crippen LogP contribution in [0.15, 0.2) is 0 Å². The van der Waals surface area contributed by atoms with Gasteiger partial charge in [-0.15, -0.1) is 0 Å². The molecule has 4 nitrogen and oxygen atoms in total. The lowest BCUT2D eigenvalue weighted by molar-refractivity contribution is -0.179. The molecule has 74 valence electrons. The minimum absolute atomic E-state index is 0.449. The first kappa shape index (κ1) is 10.6. The summed E-state index contributed by atoms with van der Waals surface area (Å²) in [5.74, 6) is -0.449. The summed E-state index contributed by atoms with van der Waals surface area (Å²) in [6.07, 6.45) is 0.745. The zero-order valence-corrected chi connectivity index (χ0v) is 8.30. The van der Waals surface area contributed by atoms with E-state index in [1.165, 1.54) is 0 Å². The van der Waals surface area contributed by atoms with E-state index in [0.717, 1.165) is 11.3 Å². The van der Waals surface area contributed by atoms with Crippen molar-refractivity contribution in [2.45, 2.75) is 32.1 Å². The maximum absolute atomic E-state index is 11.0. The molecule has 13 heavy (non-hydrogen) atoms. The summed E-state index contributed by atoms with van der Waals surface area (Å²) in [6.45, 7) is 2.10. The van der Waals surface area contributed by atoms with Crippen molar-refractivity contribution in [3.63, 3.8) is 0 Å². The van der Waals surface area contributed by atoms with E-state index in [4.69, 9.17) is 27.4 Å². The van der Waals surface area contributed by atoms with Crippen LogP contribution in [0.5, 0.6) is 0 Å². The average molecular weight is 203 g/mol. The van der Waals surface area contributed by atoms with Crippen molar-refractivity contribution in [3.8, 4) is 0 Å². The molecule has 1 unspecified atom stereocenters. The molecule has 0 aromatic heterocycles. The van der Waals surface area contributed by atoms with Gasteiger partial charge in [0.15, 0.2) is 0 Å². The van der Waals surface area contributed by atoms with Gasteiger partial charge in [-0.1, -0.05) is 12.2 Å². The van der Waals surface area contributed by atoms with Gasteiger partial charge in [-0.3, -0.25) is 4.79 Å². The standard InChI is InChI=1S/C8H13NO3S/c1-5(9)8(10)12-7-4-6(13)2-3-11-7/h5,7H,2-4,9H2,1H3/t5-,7?/m0/s1. The first-order chi connectivity index (χ1) is 6.09. The predicted octanol–water partition coefficient (Wildman–Crippen LogP) is 0.383. The van der Waals surface area contributed by atoms with E-state index in [1.807, 2.05) is 0 Å². The van der Waals surface area contributed by atoms with Crippen molar-refractivity contribution in [2.24, 2.45) is 5.73 Å². The molecule has 1 heterocycles. The fourth-order valence-electron chi connectivity index (χ4n) is 0.964. The Morgan fingerprint density at radius 2 is 2.54 bits per heavy atom. The van der Waals surface area contributed by atoms with Crippen molar-refractivity contribution in [2.75, 3.05) is 6.61 Å². The van der Waals surface area contributed by atoms with E-state index in [2.05, 4.69) is 0 Å². The Labute approximate surface area is 82.4 Å². The SMILES string of the molecule is C[C@H](N)C(=O)OC1CC(=S)CCO1. The zero-order valence-electron chi connectivity index (χ0n) is 7.49. The fraction of sp³-hybridized carbons (Fsp3) is 0.750. The van der Waals surface area contributed by atoms with E-state index in [0.29, 0.717) is 13.0 Å². The van der Waals surface area contributed by atoms with Gasteiger partial charge < -0.3 is 15.2 Å². The third-order valence-corrected chi connectivity index (χ3v) is 2.07. The van der Waals surface area contributed by atoms with E-state index in [1.54, 1.807) is 6.92 Å². The van der Waals surface area contributed by atoms with Crippen LogP contribution < -0.4 is 5.73 Å². The largest absolute Gasteiger partial charge is 0.434 e. The second-order valence-corrected chi connectivity index (χ2v) is 3.60. The molecule has 0 saturated carbocycles. The normalized spacial score (nSPS) is 25.4. The van der Waals surface area contributed by atoms with Crippen LogP contribution in [-0.4, -0.2) is 29.8 Å². The van der Waals surface area contributed by atoms with Gasteiger partial charge in [0.25, 0.3) is 0 Å². The molecule has 0 spiro atoms. The Bertz CT molecular complexity index is 217. The van der Waals surface area contributed by atoms with Crippen LogP contribution in [0.2, 0.25) is 0 Å². The Morgan fingerprint density at radius 3 is 3.08 bits per heavy atom. The van der Waals surface area contributed by atoms with Crippen LogP contribution in [0.4, 0.5) is 0 Å². The lowest BCUT2D eigenvalue weighted by Gasteiger charge is -2.23. The highest BCUT2D eigenvalue weighted by Gasteiger charge is 2.22. The number of nitrogens with two attached hydrogens (primary N) is 1. The Morgan fingerprint density at radius 1 is 1.85 bits per heavy atom. The second-order valence-electron chi connectivity index (χ2n) is 3.02. The van der Waals surface area contributed by atoms with Gasteiger partial charge in [0.2, 0.25) is 6.29 Å². The molecule has 2 atom stereocenters. The van der Waals surface area contributed by atoms with Crippen LogP contribution in [-0.2, 0) is 14.3 Å². The molecule has 0 aromatic rings. The smallest absolute Gasteiger partial charge is 0.324 e. The van der Waals surface area contributed by atoms with Crippen molar-refractivity contribution < 1.29 is 14.3 Å². The molecule has 1 saturated heterocycles. The average Bonchev–Trinajstić information content (AvgIpc) is 2.04. The highest BCUT2D eigenvalue weighted by molar-refractivity contribution is 7.80. The molecule has 1 aliphatic heterocycles. The molecule has 0 aliphatic carbocycles. The summed E-state index contributed by atoms with van der Waals surface area (Å²) in [5.41, 5.74) is 5.32. The first-order valence-corrected chi connectivity index (χ1v) is 4.60. The third kappa shape index (κ3) is 3.38. The van der Waals surface area contributed by atoms with Crippen LogP contribution >= 0.6 is 12.2 Å². The minimum Gasteiger partial charge on any atom is -0.434 e. The van der Waals surface area contributed by atoms with Crippen molar-refractivity contribution >= 4 is 23.1 Å². The molecule has 2 N–H and O–H groups in total. The molecular weight excluding hydrogens is 190 g/mol. The third-order valence-electron chi connectivity index (χ3n) is 1.70. The van der Waals surface area contributed by atoms with Crippen molar-refractivity contribution in [3.05, 3.63) is 0 Å². The van der Waals surface area contributed by atoms with E-state index < -0.39 is 18.3 Å². The monoisotopic (exact) mass is 203 g/mol. The number of esters is 1. The van der Waals surface area contributed by atoms with E-state index >= 15 is 0 Å². The molecule has 5 heteroatoms. The van der Waals surface area contributed by atoms with Gasteiger partial charge in [-0.25, -0.2) is 0 Å². The first-order valence-electron chi connectivity index (χ1n) is 4.19. The number of hydrogen-bond acceptors (Lipinski definition) is 5. The van der Waals surface area contributed by atoms with Gasteiger partial charge >= 0.3 is 5.97 Å². The number of carbonyl (C=O) groups is 1. The molecule has 1 aliphatic rings. The quantitative estimate of drug-likeness (QED) is 0.519. The van der Waals surface area contributed by atoms with Gasteiger partial charge in [0.05, 0.1) is 6.61 Å². The van der Waals surface area contributed by atoms with Crippen LogP contribution in [0.3, 0.4) is 0 Å². The molecule has 0 amide bonds. The number of thiocarbonyl (C=S) groups is 1. The van der Waals surface area contributed by atoms with Gasteiger partial charge in [-0.2, -0.15) is 0 Å². The number of ether oxygens (including phenoxy) is 2. The van der Waals surface area contributed by atoms with Gasteiger partial charge in [0.1, 0.15) is 6.04 Å². The topological polar surface area (TPSA) is 61.6 Å². The van der Waals surface area contributed by atoms with E-state index in [-0.39, 0.29) is 0 Å². The van der Waals surface area contributed by atoms with Crippen LogP contribution in [0.1, 0.15) is 19.8 Å². The predicted molar refractivity (Wildman–Crippen MR) is 51.3 cm³/mol. The molecule has 0 radical (unpaired) electrons. The molecule has 0 bridgehead atoms. The minimum atomic E-state index is -0.612. The molecular formula is C8H13NO3S. The Kier molecular flexibility index (Phi) is 3.77. The summed E-state index contributed by atoms with van der Waals surface area (Å²) < 4.78 is 10.1. The summed E-state index contributed by atoms with van der Waals surface area (Å²) in [4.78, 5) is 11.9. The highest BCUT2D eigenvalue weighted by Crippen LogP contribution is 2.12. The lowest BCUT2D eigenvalue weighted by Crippen LogP contribution is -2.36. The Hall–Kier alpha value is -0.520. The van der Waals surface area contributed by atoms with Crippen molar-refractivity contribution in [1.82, 2.24) is 0 Å². The number of hydrogen-bond donors (Lipinski definition) is 1. The zero-order chi connectivity index (χ0) is 9.84. The highest BCUT2D eigenvalue weighted by atomic mass is 32.1. The fourth-order valence-corrected chi connectivity index (χ4v) is 1.18. The van der Waals surface area contributed by atoms with Gasteiger partial charge in [0, 0.05) is 17.7 Å². The van der Waals surface area contributed by atoms with Crippen molar-refractivity contribution in [1.29, 1.82) is 0 Å². The summed E-state index contributed by atoms with van der Waals surface area (Å²) in [7, 11) is 0. The molecule has 0 aromatic carbocycles. The van der Waals surface area contributed by atoms with E-state index in [9.17, 15) is 4.79 Å². The molecule has 1 rings (SSSR count). The second kappa shape index (κ2) is 4.64. The maximum Gasteiger partial charge on any atom is 0.324 e. The number of rotatable bonds is 2. The summed E-state index contributed by atoms with van der Waals surface area (Å²) in [5, 5.41) is 0. The molecule has 1 fully saturated rings. The summed E-state index contributed by atoms with van der Waals surface area (Å²) in [6, 6.07) is -0.612. The maximum atomic E-state index is 11.0. The summed E-state index contributed by atoms with van der Waals surface area (Å²) >= 11 is 5.00. The van der Waals surface area contributed by atoms with Crippen LogP contribution in [0, 0.1) is 0 Å². The number of carbonyl (C=O) groups excluding carboxylic acids is 1. The Balaban J connectivity index is 2.36. The van der Waals surface area contributed by atoms with Crippen LogP contribution in [0.25, 0.3) is 0 Å². The van der Waals surface area contributed by atoms with Gasteiger partial charge in [-0.05, 0) is 6.92 Å². The lowest BCUT2D eigenvalue weighted by atomic mass is 10.2.